The van der Waals surface area contributed by atoms with Crippen LogP contribution in [-0.2, 0) is 16.4 Å². The van der Waals surface area contributed by atoms with Crippen LogP contribution < -0.4 is 5.32 Å². The fourth-order valence-corrected chi connectivity index (χ4v) is 3.23. The zero-order valence-electron chi connectivity index (χ0n) is 10.9. The van der Waals surface area contributed by atoms with Crippen molar-refractivity contribution in [3.8, 4) is 0 Å². The summed E-state index contributed by atoms with van der Waals surface area (Å²) >= 11 is 0. The number of nitrogens with one attached hydrogen (secondary N) is 1. The zero-order valence-corrected chi connectivity index (χ0v) is 11.7. The first-order valence-electron chi connectivity index (χ1n) is 6.22. The molecular formula is C13H14FN3O2S. The Kier molecular flexibility index (Phi) is 3.01. The summed E-state index contributed by atoms with van der Waals surface area (Å²) in [6, 6.07) is 4.11. The molecule has 0 saturated heterocycles. The van der Waals surface area contributed by atoms with Crippen molar-refractivity contribution in [2.75, 3.05) is 19.3 Å². The topological polar surface area (TPSA) is 63.5 Å². The molecule has 2 aromatic rings. The van der Waals surface area contributed by atoms with Crippen LogP contribution in [-0.4, -0.2) is 37.6 Å². The van der Waals surface area contributed by atoms with Gasteiger partial charge in [0.15, 0.2) is 0 Å². The van der Waals surface area contributed by atoms with Crippen LogP contribution in [0.25, 0.3) is 10.9 Å². The van der Waals surface area contributed by atoms with Crippen LogP contribution in [0.5, 0.6) is 0 Å². The van der Waals surface area contributed by atoms with Crippen LogP contribution in [0.15, 0.2) is 29.4 Å². The molecule has 1 N–H and O–H groups in total. The molecule has 0 amide bonds. The van der Waals surface area contributed by atoms with Gasteiger partial charge in [0.2, 0.25) is 10.0 Å². The van der Waals surface area contributed by atoms with Crippen LogP contribution in [0, 0.1) is 5.82 Å². The van der Waals surface area contributed by atoms with Gasteiger partial charge in [-0.05, 0) is 23.8 Å². The summed E-state index contributed by atoms with van der Waals surface area (Å²) in [5, 5.41) is 3.73. The van der Waals surface area contributed by atoms with Gasteiger partial charge in [0.05, 0.1) is 18.3 Å². The first-order valence-corrected chi connectivity index (χ1v) is 8.07. The summed E-state index contributed by atoms with van der Waals surface area (Å²) in [5.41, 5.74) is 1.24. The van der Waals surface area contributed by atoms with Crippen molar-refractivity contribution < 1.29 is 12.8 Å². The number of rotatable bonds is 3. The van der Waals surface area contributed by atoms with E-state index in [4.69, 9.17) is 0 Å². The van der Waals surface area contributed by atoms with Gasteiger partial charge in [0, 0.05) is 24.5 Å². The highest BCUT2D eigenvalue weighted by molar-refractivity contribution is 7.89. The quantitative estimate of drug-likeness (QED) is 0.923. The molecule has 1 aromatic carbocycles. The number of amidine groups is 1. The Hall–Kier alpha value is -1.89. The number of aromatic nitrogens is 1. The predicted molar refractivity (Wildman–Crippen MR) is 76.1 cm³/mol. The van der Waals surface area contributed by atoms with E-state index in [1.165, 1.54) is 22.2 Å². The van der Waals surface area contributed by atoms with E-state index >= 15 is 0 Å². The molecule has 1 aromatic heterocycles. The maximum Gasteiger partial charge on any atom is 0.236 e. The van der Waals surface area contributed by atoms with E-state index < -0.39 is 10.0 Å². The molecule has 0 unspecified atom stereocenters. The molecule has 1 aliphatic heterocycles. The Morgan fingerprint density at radius 2 is 2.25 bits per heavy atom. The average Bonchev–Trinajstić information content (AvgIpc) is 2.97. The molecule has 0 bridgehead atoms. The lowest BCUT2D eigenvalue weighted by Crippen LogP contribution is -2.20. The number of benzene rings is 1. The van der Waals surface area contributed by atoms with Crippen molar-refractivity contribution in [2.24, 2.45) is 4.99 Å². The van der Waals surface area contributed by atoms with Crippen molar-refractivity contribution in [3.05, 3.63) is 35.8 Å². The van der Waals surface area contributed by atoms with Gasteiger partial charge in [-0.3, -0.25) is 4.99 Å². The Bertz CT molecular complexity index is 808. The molecule has 0 spiro atoms. The monoisotopic (exact) mass is 295 g/mol. The Morgan fingerprint density at radius 3 is 2.90 bits per heavy atom. The van der Waals surface area contributed by atoms with Gasteiger partial charge in [0.25, 0.3) is 0 Å². The van der Waals surface area contributed by atoms with Crippen molar-refractivity contribution >= 4 is 26.8 Å². The van der Waals surface area contributed by atoms with Gasteiger partial charge in [-0.15, -0.1) is 0 Å². The van der Waals surface area contributed by atoms with Crippen molar-refractivity contribution in [3.63, 3.8) is 0 Å². The zero-order chi connectivity index (χ0) is 14.3. The lowest BCUT2D eigenvalue weighted by Gasteiger charge is -2.00. The van der Waals surface area contributed by atoms with Gasteiger partial charge in [-0.1, -0.05) is 0 Å². The lowest BCUT2D eigenvalue weighted by atomic mass is 10.1. The molecule has 20 heavy (non-hydrogen) atoms. The molecular weight excluding hydrogens is 281 g/mol. The molecule has 5 nitrogen and oxygen atoms in total. The second kappa shape index (κ2) is 4.59. The van der Waals surface area contributed by atoms with E-state index in [1.807, 2.05) is 0 Å². The molecule has 3 rings (SSSR count). The Balaban J connectivity index is 2.18. The summed E-state index contributed by atoms with van der Waals surface area (Å²) in [5.74, 6) is 0.424. The van der Waals surface area contributed by atoms with Crippen LogP contribution in [0.2, 0.25) is 0 Å². The van der Waals surface area contributed by atoms with Crippen molar-refractivity contribution in [1.29, 1.82) is 0 Å². The second-order valence-corrected chi connectivity index (χ2v) is 6.67. The highest BCUT2D eigenvalue weighted by atomic mass is 32.2. The number of hydrogen-bond donors (Lipinski definition) is 1. The fourth-order valence-electron chi connectivity index (χ4n) is 2.40. The lowest BCUT2D eigenvalue weighted by molar-refractivity contribution is 0.595. The summed E-state index contributed by atoms with van der Waals surface area (Å²) in [7, 11) is -3.42. The molecule has 106 valence electrons. The molecule has 1 aliphatic rings. The molecule has 0 atom stereocenters. The standard InChI is InChI=1S/C13H14FN3O2S/c1-20(18,19)17-8-9(6-13-15-4-5-16-13)11-7-10(14)2-3-12(11)17/h2-3,7-8H,4-6H2,1H3,(H,15,16). The Morgan fingerprint density at radius 1 is 1.45 bits per heavy atom. The smallest absolute Gasteiger partial charge is 0.236 e. The highest BCUT2D eigenvalue weighted by Gasteiger charge is 2.17. The maximum absolute atomic E-state index is 13.4. The third-order valence-corrected chi connectivity index (χ3v) is 4.29. The molecule has 0 aliphatic carbocycles. The Labute approximate surface area is 116 Å². The van der Waals surface area contributed by atoms with E-state index in [2.05, 4.69) is 10.3 Å². The normalized spacial score (nSPS) is 15.4. The fraction of sp³-hybridized carbons (Fsp3) is 0.308. The summed E-state index contributed by atoms with van der Waals surface area (Å²) in [6.07, 6.45) is 3.15. The summed E-state index contributed by atoms with van der Waals surface area (Å²) in [4.78, 5) is 4.28. The van der Waals surface area contributed by atoms with E-state index in [-0.39, 0.29) is 5.82 Å². The van der Waals surface area contributed by atoms with Crippen molar-refractivity contribution in [1.82, 2.24) is 9.29 Å². The maximum atomic E-state index is 13.4. The van der Waals surface area contributed by atoms with Gasteiger partial charge >= 0.3 is 0 Å². The third kappa shape index (κ3) is 2.29. The van der Waals surface area contributed by atoms with Crippen molar-refractivity contribution in [2.45, 2.75) is 6.42 Å². The van der Waals surface area contributed by atoms with E-state index in [9.17, 15) is 12.8 Å². The van der Waals surface area contributed by atoms with Gasteiger partial charge in [0.1, 0.15) is 11.7 Å². The van der Waals surface area contributed by atoms with Crippen LogP contribution in [0.4, 0.5) is 4.39 Å². The number of halogens is 1. The largest absolute Gasteiger partial charge is 0.372 e. The van der Waals surface area contributed by atoms with Gasteiger partial charge in [-0.2, -0.15) is 0 Å². The van der Waals surface area contributed by atoms with Crippen LogP contribution in [0.3, 0.4) is 0 Å². The van der Waals surface area contributed by atoms with Crippen LogP contribution >= 0.6 is 0 Å². The highest BCUT2D eigenvalue weighted by Crippen LogP contribution is 2.24. The first kappa shape index (κ1) is 13.1. The van der Waals surface area contributed by atoms with Gasteiger partial charge in [-0.25, -0.2) is 16.8 Å². The molecule has 7 heteroatoms. The predicted octanol–water partition coefficient (Wildman–Crippen LogP) is 1.13. The minimum atomic E-state index is -3.42. The number of aliphatic imine (C=N–C) groups is 1. The molecule has 2 heterocycles. The number of fused-ring (bicyclic) bond motifs is 1. The average molecular weight is 295 g/mol. The van der Waals surface area contributed by atoms with E-state index in [0.29, 0.717) is 23.9 Å². The molecule has 0 fully saturated rings. The van der Waals surface area contributed by atoms with Crippen LogP contribution in [0.1, 0.15) is 5.56 Å². The van der Waals surface area contributed by atoms with E-state index in [1.54, 1.807) is 6.20 Å². The molecule has 0 saturated carbocycles. The second-order valence-electron chi connectivity index (χ2n) is 4.81. The first-order chi connectivity index (χ1) is 9.45. The van der Waals surface area contributed by atoms with Gasteiger partial charge < -0.3 is 5.32 Å². The number of hydrogen-bond acceptors (Lipinski definition) is 4. The minimum absolute atomic E-state index is 0.383. The molecule has 0 radical (unpaired) electrons. The minimum Gasteiger partial charge on any atom is -0.372 e. The summed E-state index contributed by atoms with van der Waals surface area (Å²) in [6.45, 7) is 1.50. The SMILES string of the molecule is CS(=O)(=O)n1cc(CC2=NCCN2)c2cc(F)ccc21. The van der Waals surface area contributed by atoms with E-state index in [0.717, 1.165) is 24.2 Å². The summed E-state index contributed by atoms with van der Waals surface area (Å²) < 4.78 is 38.2. The third-order valence-electron chi connectivity index (χ3n) is 3.27. The number of nitrogens with zero attached hydrogens (tertiary/aromatic N) is 2.